The number of rotatable bonds is 1. The third-order valence-corrected chi connectivity index (χ3v) is 1.06. The van der Waals surface area contributed by atoms with Crippen LogP contribution < -0.4 is 34.9 Å². The summed E-state index contributed by atoms with van der Waals surface area (Å²) in [5.74, 6) is 0. The molecule has 9 nitrogen and oxygen atoms in total. The van der Waals surface area contributed by atoms with E-state index in [2.05, 4.69) is 5.32 Å². The maximum Gasteiger partial charge on any atom is 1.00 e. The zero-order chi connectivity index (χ0) is 14.8. The van der Waals surface area contributed by atoms with Crippen molar-refractivity contribution in [1.82, 2.24) is 0 Å². The molecule has 0 radical (unpaired) electrons. The first kappa shape index (κ1) is 23.8. The van der Waals surface area contributed by atoms with Gasteiger partial charge in [-0.15, -0.1) is 0 Å². The first-order valence-corrected chi connectivity index (χ1v) is 6.80. The van der Waals surface area contributed by atoms with Crippen LogP contribution in [-0.4, -0.2) is 42.1 Å². The monoisotopic (exact) mass is 325 g/mol. The third-order valence-electron chi connectivity index (χ3n) is 1.06. The van der Waals surface area contributed by atoms with Crippen LogP contribution in [0.5, 0.6) is 0 Å². The molecule has 0 atom stereocenters. The van der Waals surface area contributed by atoms with Crippen LogP contribution in [0.2, 0.25) is 0 Å². The minimum absolute atomic E-state index is 0. The summed E-state index contributed by atoms with van der Waals surface area (Å²) in [4.78, 5) is 0. The molecule has 0 aliphatic carbocycles. The van der Waals surface area contributed by atoms with Gasteiger partial charge in [-0.2, -0.15) is 8.42 Å². The van der Waals surface area contributed by atoms with E-state index in [0.29, 0.717) is 0 Å². The molecule has 0 amide bonds. The largest absolute Gasteiger partial charge is 1.00 e. The van der Waals surface area contributed by atoms with E-state index in [4.69, 9.17) is 35.0 Å². The summed E-state index contributed by atoms with van der Waals surface area (Å²) >= 11 is 0. The van der Waals surface area contributed by atoms with Crippen LogP contribution in [0.15, 0.2) is 30.3 Å². The van der Waals surface area contributed by atoms with Crippen LogP contribution in [-0.2, 0) is 20.8 Å². The topological polar surface area (TPSA) is 164 Å². The molecule has 106 valence electrons. The van der Waals surface area contributed by atoms with Gasteiger partial charge in [0.2, 0.25) is 10.4 Å². The number of anilines is 1. The predicted octanol–water partition coefficient (Wildman–Crippen LogP) is -2.92. The average molecular weight is 325 g/mol. The molecule has 12 heteroatoms. The molecule has 0 bridgehead atoms. The Morgan fingerprint density at radius 1 is 1.00 bits per heavy atom. The van der Waals surface area contributed by atoms with Crippen LogP contribution in [0.4, 0.5) is 5.69 Å². The summed E-state index contributed by atoms with van der Waals surface area (Å²) in [6.07, 6.45) is 0. The molecule has 0 aromatic heterocycles. The van der Waals surface area contributed by atoms with Gasteiger partial charge < -0.3 is 9.87 Å². The number of para-hydroxylation sites is 1. The average Bonchev–Trinajstić information content (AvgIpc) is 2.14. The van der Waals surface area contributed by atoms with E-state index in [0.717, 1.165) is 5.69 Å². The van der Waals surface area contributed by atoms with Crippen molar-refractivity contribution in [2.75, 3.05) is 12.4 Å². The molecular formula is C7H12NNaO8S2. The Bertz CT molecular complexity index is 469. The van der Waals surface area contributed by atoms with Crippen LogP contribution in [0.1, 0.15) is 0 Å². The molecule has 0 fully saturated rings. The molecule has 0 aliphatic heterocycles. The van der Waals surface area contributed by atoms with Gasteiger partial charge in [0.05, 0.1) is 0 Å². The van der Waals surface area contributed by atoms with Crippen molar-refractivity contribution in [2.24, 2.45) is 0 Å². The molecule has 0 unspecified atom stereocenters. The second-order valence-electron chi connectivity index (χ2n) is 2.49. The number of nitrogens with one attached hydrogen (secondary N) is 1. The van der Waals surface area contributed by atoms with E-state index in [1.807, 2.05) is 37.4 Å². The van der Waals surface area contributed by atoms with Gasteiger partial charge in [0.15, 0.2) is 0 Å². The molecule has 0 heterocycles. The fraction of sp³-hybridized carbons (Fsp3) is 0.143. The van der Waals surface area contributed by atoms with Crippen LogP contribution in [0.25, 0.3) is 0 Å². The summed E-state index contributed by atoms with van der Waals surface area (Å²) in [5, 5.41) is 3.03. The van der Waals surface area contributed by atoms with Gasteiger partial charge in [-0.1, -0.05) is 18.2 Å². The Labute approximate surface area is 133 Å². The van der Waals surface area contributed by atoms with E-state index in [1.54, 1.807) is 0 Å². The molecule has 0 saturated heterocycles. The van der Waals surface area contributed by atoms with Crippen molar-refractivity contribution in [1.29, 1.82) is 0 Å². The van der Waals surface area contributed by atoms with Gasteiger partial charge in [0, 0.05) is 12.7 Å². The molecule has 0 aliphatic rings. The summed E-state index contributed by atoms with van der Waals surface area (Å²) < 4.78 is 64.4. The normalized spacial score (nSPS) is 9.74. The summed E-state index contributed by atoms with van der Waals surface area (Å²) in [7, 11) is -7.67. The molecular weight excluding hydrogens is 313 g/mol. The van der Waals surface area contributed by atoms with E-state index in [9.17, 15) is 0 Å². The van der Waals surface area contributed by atoms with Gasteiger partial charge in [-0.25, -0.2) is 8.42 Å². The summed E-state index contributed by atoms with van der Waals surface area (Å²) in [6, 6.07) is 10.1. The van der Waals surface area contributed by atoms with Crippen molar-refractivity contribution < 1.29 is 64.6 Å². The fourth-order valence-electron chi connectivity index (χ4n) is 0.605. The minimum Gasteiger partial charge on any atom is -0.726 e. The van der Waals surface area contributed by atoms with Crippen molar-refractivity contribution in [2.45, 2.75) is 0 Å². The van der Waals surface area contributed by atoms with E-state index < -0.39 is 20.8 Å². The van der Waals surface area contributed by atoms with Crippen LogP contribution >= 0.6 is 0 Å². The van der Waals surface area contributed by atoms with Gasteiger partial charge >= 0.3 is 40.0 Å². The van der Waals surface area contributed by atoms with E-state index in [-0.39, 0.29) is 29.6 Å². The van der Waals surface area contributed by atoms with Crippen LogP contribution in [0, 0.1) is 0 Å². The molecule has 0 saturated carbocycles. The Morgan fingerprint density at radius 3 is 1.42 bits per heavy atom. The Kier molecular flexibility index (Phi) is 14.5. The zero-order valence-corrected chi connectivity index (χ0v) is 13.7. The Hall–Kier alpha value is -0.240. The van der Waals surface area contributed by atoms with E-state index in [1.165, 1.54) is 0 Å². The maximum atomic E-state index is 8.74. The van der Waals surface area contributed by atoms with E-state index >= 15 is 0 Å². The summed E-state index contributed by atoms with van der Waals surface area (Å²) in [6.45, 7) is 0. The van der Waals surface area contributed by atoms with Crippen molar-refractivity contribution >= 4 is 26.5 Å². The third kappa shape index (κ3) is 46.3. The number of hydrogen-bond donors (Lipinski definition) is 4. The Morgan fingerprint density at radius 2 is 1.26 bits per heavy atom. The molecule has 1 aromatic rings. The predicted molar refractivity (Wildman–Crippen MR) is 62.5 cm³/mol. The maximum absolute atomic E-state index is 8.74. The van der Waals surface area contributed by atoms with Gasteiger partial charge in [-0.3, -0.25) is 13.7 Å². The molecule has 19 heavy (non-hydrogen) atoms. The van der Waals surface area contributed by atoms with Gasteiger partial charge in [0.25, 0.3) is 0 Å². The second-order valence-corrected chi connectivity index (χ2v) is 4.24. The second kappa shape index (κ2) is 11.6. The molecule has 4 N–H and O–H groups in total. The standard InChI is InChI=1S/C7H9N.Na.2H2O4S/c1-8-7-5-3-2-4-6-7;;2*1-5(2,3)4/h2-6,8H,1H3;;2*(H2,1,2,3,4)/q;+1;;/p-1. The number of hydrogen-bond acceptors (Lipinski definition) is 6. The number of benzene rings is 1. The van der Waals surface area contributed by atoms with Gasteiger partial charge in [0.1, 0.15) is 0 Å². The van der Waals surface area contributed by atoms with Crippen molar-refractivity contribution in [3.63, 3.8) is 0 Å². The molecule has 0 spiro atoms. The quantitative estimate of drug-likeness (QED) is 0.240. The minimum atomic E-state index is -4.92. The molecule has 1 aromatic carbocycles. The summed E-state index contributed by atoms with van der Waals surface area (Å²) in [5.41, 5.74) is 1.16. The SMILES string of the molecule is CNc1ccccc1.O=S(=O)(O)O.O=S(=O)([O-])O.[Na+]. The smallest absolute Gasteiger partial charge is 0.726 e. The zero-order valence-electron chi connectivity index (χ0n) is 10.1. The van der Waals surface area contributed by atoms with Crippen molar-refractivity contribution in [3.05, 3.63) is 30.3 Å². The first-order valence-electron chi connectivity index (χ1n) is 4.04. The van der Waals surface area contributed by atoms with Crippen LogP contribution in [0.3, 0.4) is 0 Å². The van der Waals surface area contributed by atoms with Crippen molar-refractivity contribution in [3.8, 4) is 0 Å². The fourth-order valence-corrected chi connectivity index (χ4v) is 0.605. The Balaban J connectivity index is -0.000000208. The molecule has 1 rings (SSSR count). The first-order chi connectivity index (χ1) is 7.93. The van der Waals surface area contributed by atoms with Gasteiger partial charge in [-0.05, 0) is 12.1 Å².